The van der Waals surface area contributed by atoms with Gasteiger partial charge in [0, 0.05) is 18.3 Å². The maximum atomic E-state index is 10.5. The van der Waals surface area contributed by atoms with E-state index in [-0.39, 0.29) is 17.9 Å². The first-order chi connectivity index (χ1) is 6.18. The topological polar surface area (TPSA) is 52.6 Å². The van der Waals surface area contributed by atoms with Gasteiger partial charge in [-0.3, -0.25) is 4.21 Å². The van der Waals surface area contributed by atoms with Gasteiger partial charge in [0.15, 0.2) is 0 Å². The van der Waals surface area contributed by atoms with Crippen LogP contribution in [0.5, 0.6) is 0 Å². The van der Waals surface area contributed by atoms with Crippen molar-refractivity contribution >= 4 is 30.0 Å². The molecule has 0 aromatic heterocycles. The van der Waals surface area contributed by atoms with Crippen LogP contribution in [0.3, 0.4) is 0 Å². The van der Waals surface area contributed by atoms with Crippen molar-refractivity contribution in [2.45, 2.75) is 25.0 Å². The zero-order valence-electron chi connectivity index (χ0n) is 6.89. The maximum Gasteiger partial charge on any atom is 0.207 e. The van der Waals surface area contributed by atoms with Gasteiger partial charge < -0.3 is 9.08 Å². The van der Waals surface area contributed by atoms with E-state index >= 15 is 0 Å². The summed E-state index contributed by atoms with van der Waals surface area (Å²) in [7, 11) is -1.04. The molecule has 2 rings (SSSR count). The zero-order valence-corrected chi connectivity index (χ0v) is 9.36. The molecule has 0 aliphatic carbocycles. The Labute approximate surface area is 85.5 Å². The lowest BCUT2D eigenvalue weighted by atomic mass is 10.1. The second-order valence-corrected chi connectivity index (χ2v) is 6.20. The van der Waals surface area contributed by atoms with Crippen molar-refractivity contribution in [3.63, 3.8) is 0 Å². The van der Waals surface area contributed by atoms with Crippen LogP contribution in [0.4, 0.5) is 0 Å². The van der Waals surface area contributed by atoms with Crippen molar-refractivity contribution in [2.75, 3.05) is 12.3 Å². The summed E-state index contributed by atoms with van der Waals surface area (Å²) in [5.41, 5.74) is 0. The molecule has 0 amide bonds. The molecule has 7 heteroatoms. The smallest absolute Gasteiger partial charge is 0.207 e. The lowest BCUT2D eigenvalue weighted by molar-refractivity contribution is 0.234. The summed E-state index contributed by atoms with van der Waals surface area (Å²) in [6.45, 7) is 0.946. The van der Waals surface area contributed by atoms with E-state index in [2.05, 4.69) is 4.67 Å². The molecule has 13 heavy (non-hydrogen) atoms. The second-order valence-electron chi connectivity index (χ2n) is 3.21. The fourth-order valence-electron chi connectivity index (χ4n) is 1.87. The molecule has 4 nitrogen and oxygen atoms in total. The summed E-state index contributed by atoms with van der Waals surface area (Å²) in [6.07, 6.45) is 1.90. The third kappa shape index (κ3) is 2.06. The van der Waals surface area contributed by atoms with E-state index in [1.165, 1.54) is 0 Å². The standard InChI is InChI=1S/C6H11ClNO3PS/c7-12-8-3-1-2-5(8)6(11-12)4-13(9)10/h5-6H,1-4H2,(H,9,10)/p-1/t5-,6+,12?/m0/s1. The summed E-state index contributed by atoms with van der Waals surface area (Å²) >= 11 is 3.93. The van der Waals surface area contributed by atoms with Crippen LogP contribution in [0.15, 0.2) is 0 Å². The van der Waals surface area contributed by atoms with Crippen LogP contribution >= 0.6 is 18.9 Å². The van der Waals surface area contributed by atoms with Crippen LogP contribution in [0.1, 0.15) is 12.8 Å². The third-order valence-electron chi connectivity index (χ3n) is 2.42. The highest BCUT2D eigenvalue weighted by Crippen LogP contribution is 2.58. The van der Waals surface area contributed by atoms with Gasteiger partial charge in [0.1, 0.15) is 0 Å². The van der Waals surface area contributed by atoms with Gasteiger partial charge in [0.2, 0.25) is 7.65 Å². The summed E-state index contributed by atoms with van der Waals surface area (Å²) in [6, 6.07) is 0.238. The molecule has 0 bridgehead atoms. The second kappa shape index (κ2) is 4.09. The zero-order chi connectivity index (χ0) is 9.42. The lowest BCUT2D eigenvalue weighted by Crippen LogP contribution is -2.31. The van der Waals surface area contributed by atoms with Gasteiger partial charge in [-0.1, -0.05) is 11.1 Å². The molecule has 0 aromatic rings. The summed E-state index contributed by atoms with van der Waals surface area (Å²) in [5, 5.41) is 0. The molecular formula is C6H10ClNO3PS-. The Balaban J connectivity index is 2.02. The van der Waals surface area contributed by atoms with Gasteiger partial charge in [0.05, 0.1) is 6.10 Å². The molecule has 2 heterocycles. The molecule has 0 aromatic carbocycles. The number of rotatable bonds is 2. The molecule has 0 radical (unpaired) electrons. The number of fused-ring (bicyclic) bond motifs is 1. The molecule has 2 aliphatic rings. The van der Waals surface area contributed by atoms with Crippen molar-refractivity contribution in [2.24, 2.45) is 0 Å². The van der Waals surface area contributed by atoms with Crippen LogP contribution in [-0.4, -0.2) is 37.9 Å². The summed E-state index contributed by atoms with van der Waals surface area (Å²) in [4.78, 5) is 0. The Hall–Kier alpha value is 0.750. The third-order valence-corrected chi connectivity index (χ3v) is 5.19. The fraction of sp³-hybridized carbons (Fsp3) is 1.00. The van der Waals surface area contributed by atoms with E-state index in [4.69, 9.17) is 15.8 Å². The Morgan fingerprint density at radius 3 is 3.23 bits per heavy atom. The molecule has 2 unspecified atom stereocenters. The first kappa shape index (κ1) is 10.3. The maximum absolute atomic E-state index is 10.5. The molecule has 2 saturated heterocycles. The van der Waals surface area contributed by atoms with Gasteiger partial charge >= 0.3 is 0 Å². The highest BCUT2D eigenvalue weighted by molar-refractivity contribution is 7.79. The minimum absolute atomic E-state index is 0.0761. The van der Waals surface area contributed by atoms with Crippen LogP contribution in [0.2, 0.25) is 0 Å². The van der Waals surface area contributed by atoms with E-state index < -0.39 is 18.7 Å². The quantitative estimate of drug-likeness (QED) is 0.539. The molecule has 76 valence electrons. The average molecular weight is 243 g/mol. The first-order valence-corrected chi connectivity index (χ1v) is 7.49. The predicted molar refractivity (Wildman–Crippen MR) is 51.2 cm³/mol. The van der Waals surface area contributed by atoms with E-state index in [1.54, 1.807) is 0 Å². The first-order valence-electron chi connectivity index (χ1n) is 4.13. The largest absolute Gasteiger partial charge is 0.772 e. The van der Waals surface area contributed by atoms with Gasteiger partial charge in [-0.2, -0.15) is 0 Å². The molecule has 0 spiro atoms. The number of hydrogen-bond donors (Lipinski definition) is 0. The van der Waals surface area contributed by atoms with Crippen molar-refractivity contribution in [3.05, 3.63) is 0 Å². The predicted octanol–water partition coefficient (Wildman–Crippen LogP) is 1.19. The fourth-order valence-corrected chi connectivity index (χ4v) is 4.75. The molecule has 0 N–H and O–H groups in total. The van der Waals surface area contributed by atoms with E-state index in [9.17, 15) is 8.76 Å². The Morgan fingerprint density at radius 2 is 2.54 bits per heavy atom. The van der Waals surface area contributed by atoms with Crippen molar-refractivity contribution in [3.8, 4) is 0 Å². The number of nitrogens with zero attached hydrogens (tertiary/aromatic N) is 1. The van der Waals surface area contributed by atoms with E-state index in [0.717, 1.165) is 19.4 Å². The highest BCUT2D eigenvalue weighted by atomic mass is 35.7. The lowest BCUT2D eigenvalue weighted by Gasteiger charge is -2.17. The van der Waals surface area contributed by atoms with Gasteiger partial charge in [-0.15, -0.1) is 0 Å². The Bertz CT molecular complexity index is 232. The average Bonchev–Trinajstić information content (AvgIpc) is 2.56. The van der Waals surface area contributed by atoms with E-state index in [0.29, 0.717) is 0 Å². The molecule has 0 saturated carbocycles. The SMILES string of the molecule is O=S([O-])C[C@H]1OP(Cl)N2CCC[C@@H]12. The van der Waals surface area contributed by atoms with Crippen molar-refractivity contribution < 1.29 is 13.3 Å². The van der Waals surface area contributed by atoms with Crippen LogP contribution < -0.4 is 0 Å². The molecular weight excluding hydrogens is 233 g/mol. The summed E-state index contributed by atoms with van der Waals surface area (Å²) in [5.74, 6) is 0.0761. The van der Waals surface area contributed by atoms with Crippen molar-refractivity contribution in [1.29, 1.82) is 0 Å². The van der Waals surface area contributed by atoms with Crippen LogP contribution in [-0.2, 0) is 15.6 Å². The Morgan fingerprint density at radius 1 is 1.77 bits per heavy atom. The van der Waals surface area contributed by atoms with E-state index in [1.807, 2.05) is 0 Å². The monoisotopic (exact) mass is 242 g/mol. The van der Waals surface area contributed by atoms with Gasteiger partial charge in [-0.25, -0.2) is 4.67 Å². The summed E-state index contributed by atoms with van der Waals surface area (Å²) < 4.78 is 28.5. The van der Waals surface area contributed by atoms with Crippen LogP contribution in [0, 0.1) is 0 Å². The van der Waals surface area contributed by atoms with Gasteiger partial charge in [0.25, 0.3) is 0 Å². The molecule has 4 atom stereocenters. The minimum Gasteiger partial charge on any atom is -0.772 e. The normalized spacial score (nSPS) is 42.2. The number of halogens is 1. The number of hydrogen-bond acceptors (Lipinski definition) is 4. The molecule has 2 aliphatic heterocycles. The Kier molecular flexibility index (Phi) is 3.23. The van der Waals surface area contributed by atoms with Crippen molar-refractivity contribution in [1.82, 2.24) is 4.67 Å². The molecule has 2 fully saturated rings. The van der Waals surface area contributed by atoms with Gasteiger partial charge in [-0.05, 0) is 24.1 Å². The van der Waals surface area contributed by atoms with Crippen LogP contribution in [0.25, 0.3) is 0 Å². The minimum atomic E-state index is -2.03. The highest BCUT2D eigenvalue weighted by Gasteiger charge is 2.44.